The SMILES string of the molecule is O=C(NCCCCn1ccnc1)NC[C@H](O)C(=O)O. The van der Waals surface area contributed by atoms with E-state index in [1.165, 1.54) is 0 Å². The van der Waals surface area contributed by atoms with Gasteiger partial charge in [-0.25, -0.2) is 14.6 Å². The number of nitrogens with one attached hydrogen (secondary N) is 2. The third-order valence-corrected chi connectivity index (χ3v) is 2.43. The minimum Gasteiger partial charge on any atom is -0.479 e. The summed E-state index contributed by atoms with van der Waals surface area (Å²) in [4.78, 5) is 25.4. The van der Waals surface area contributed by atoms with Crippen LogP contribution in [0.3, 0.4) is 0 Å². The van der Waals surface area contributed by atoms with Gasteiger partial charge in [-0.1, -0.05) is 0 Å². The van der Waals surface area contributed by atoms with Crippen molar-refractivity contribution in [1.29, 1.82) is 0 Å². The Bertz CT molecular complexity index is 393. The van der Waals surface area contributed by atoms with Gasteiger partial charge in [-0.05, 0) is 12.8 Å². The van der Waals surface area contributed by atoms with Gasteiger partial charge in [-0.2, -0.15) is 0 Å². The second kappa shape index (κ2) is 8.09. The fourth-order valence-corrected chi connectivity index (χ4v) is 1.38. The zero-order valence-corrected chi connectivity index (χ0v) is 10.5. The lowest BCUT2D eigenvalue weighted by Crippen LogP contribution is -2.42. The number of nitrogens with zero attached hydrogens (tertiary/aromatic N) is 2. The molecule has 8 nitrogen and oxygen atoms in total. The number of amides is 2. The highest BCUT2D eigenvalue weighted by Crippen LogP contribution is 1.93. The van der Waals surface area contributed by atoms with E-state index in [1.54, 1.807) is 12.5 Å². The smallest absolute Gasteiger partial charge is 0.334 e. The number of unbranched alkanes of at least 4 members (excludes halogenated alkanes) is 1. The minimum absolute atomic E-state index is 0.309. The largest absolute Gasteiger partial charge is 0.479 e. The molecule has 1 heterocycles. The molecule has 0 bridgehead atoms. The van der Waals surface area contributed by atoms with Crippen LogP contribution in [0.15, 0.2) is 18.7 Å². The first-order valence-corrected chi connectivity index (χ1v) is 5.98. The molecule has 0 aliphatic carbocycles. The highest BCUT2D eigenvalue weighted by molar-refractivity contribution is 5.76. The van der Waals surface area contributed by atoms with Gasteiger partial charge in [0.1, 0.15) is 0 Å². The normalized spacial score (nSPS) is 11.8. The third kappa shape index (κ3) is 6.41. The van der Waals surface area contributed by atoms with E-state index in [2.05, 4.69) is 15.6 Å². The first kappa shape index (κ1) is 15.0. The van der Waals surface area contributed by atoms with Crippen LogP contribution in [0.1, 0.15) is 12.8 Å². The van der Waals surface area contributed by atoms with Crippen LogP contribution in [0.2, 0.25) is 0 Å². The van der Waals surface area contributed by atoms with Crippen molar-refractivity contribution in [2.45, 2.75) is 25.5 Å². The van der Waals surface area contributed by atoms with E-state index in [0.717, 1.165) is 19.4 Å². The molecule has 4 N–H and O–H groups in total. The van der Waals surface area contributed by atoms with Crippen molar-refractivity contribution in [2.75, 3.05) is 13.1 Å². The summed E-state index contributed by atoms with van der Waals surface area (Å²) >= 11 is 0. The monoisotopic (exact) mass is 270 g/mol. The van der Waals surface area contributed by atoms with Crippen molar-refractivity contribution in [3.63, 3.8) is 0 Å². The second-order valence-electron chi connectivity index (χ2n) is 4.00. The van der Waals surface area contributed by atoms with E-state index < -0.39 is 18.1 Å². The maximum Gasteiger partial charge on any atom is 0.334 e. The van der Waals surface area contributed by atoms with Gasteiger partial charge in [-0.3, -0.25) is 0 Å². The second-order valence-corrected chi connectivity index (χ2v) is 4.00. The quantitative estimate of drug-likeness (QED) is 0.471. The van der Waals surface area contributed by atoms with Crippen molar-refractivity contribution in [3.05, 3.63) is 18.7 Å². The maximum absolute atomic E-state index is 11.2. The predicted octanol–water partition coefficient (Wildman–Crippen LogP) is -0.592. The molecular formula is C11H18N4O4. The Morgan fingerprint density at radius 1 is 1.32 bits per heavy atom. The number of carbonyl (C=O) groups excluding carboxylic acids is 1. The topological polar surface area (TPSA) is 116 Å². The number of imidazole rings is 1. The summed E-state index contributed by atoms with van der Waals surface area (Å²) in [6.07, 6.45) is 5.42. The molecule has 1 rings (SSSR count). The zero-order valence-electron chi connectivity index (χ0n) is 10.5. The van der Waals surface area contributed by atoms with Crippen LogP contribution in [0, 0.1) is 0 Å². The van der Waals surface area contributed by atoms with Crippen LogP contribution in [-0.2, 0) is 11.3 Å². The molecule has 0 fully saturated rings. The Kier molecular flexibility index (Phi) is 6.37. The van der Waals surface area contributed by atoms with Gasteiger partial charge in [0, 0.05) is 25.5 Å². The Morgan fingerprint density at radius 3 is 2.74 bits per heavy atom. The molecule has 1 atom stereocenters. The molecule has 0 spiro atoms. The molecule has 1 aromatic heterocycles. The summed E-state index contributed by atoms with van der Waals surface area (Å²) in [7, 11) is 0. The fraction of sp³-hybridized carbons (Fsp3) is 0.545. The number of hydrogen-bond donors (Lipinski definition) is 4. The first-order chi connectivity index (χ1) is 9.09. The zero-order chi connectivity index (χ0) is 14.1. The van der Waals surface area contributed by atoms with Crippen molar-refractivity contribution in [2.24, 2.45) is 0 Å². The van der Waals surface area contributed by atoms with Crippen molar-refractivity contribution in [1.82, 2.24) is 20.2 Å². The van der Waals surface area contributed by atoms with Gasteiger partial charge in [0.05, 0.1) is 12.9 Å². The number of hydrogen-bond acceptors (Lipinski definition) is 4. The van der Waals surface area contributed by atoms with Crippen LogP contribution >= 0.6 is 0 Å². The molecule has 0 radical (unpaired) electrons. The molecule has 0 saturated heterocycles. The Balaban J connectivity index is 1.99. The number of rotatable bonds is 8. The number of aromatic nitrogens is 2. The summed E-state index contributed by atoms with van der Waals surface area (Å²) in [5, 5.41) is 22.2. The summed E-state index contributed by atoms with van der Waals surface area (Å²) in [6, 6.07) is -0.483. The van der Waals surface area contributed by atoms with Crippen LogP contribution in [0.5, 0.6) is 0 Å². The standard InChI is InChI=1S/C11H18N4O4/c16-9(10(17)18)7-14-11(19)13-3-1-2-5-15-6-4-12-8-15/h4,6,8-9,16H,1-3,5,7H2,(H,17,18)(H2,13,14,19)/t9-/m0/s1. The van der Waals surface area contributed by atoms with E-state index in [9.17, 15) is 9.59 Å². The average molecular weight is 270 g/mol. The minimum atomic E-state index is -1.58. The molecule has 0 aliphatic rings. The van der Waals surface area contributed by atoms with Crippen LogP contribution in [0.25, 0.3) is 0 Å². The number of aliphatic carboxylic acids is 1. The van der Waals surface area contributed by atoms with Crippen LogP contribution < -0.4 is 10.6 Å². The Morgan fingerprint density at radius 2 is 2.11 bits per heavy atom. The first-order valence-electron chi connectivity index (χ1n) is 5.98. The van der Waals surface area contributed by atoms with Gasteiger partial charge in [-0.15, -0.1) is 0 Å². The highest BCUT2D eigenvalue weighted by atomic mass is 16.4. The van der Waals surface area contributed by atoms with E-state index >= 15 is 0 Å². The summed E-state index contributed by atoms with van der Waals surface area (Å²) in [5.41, 5.74) is 0. The lowest BCUT2D eigenvalue weighted by molar-refractivity contribution is -0.146. The van der Waals surface area contributed by atoms with E-state index in [4.69, 9.17) is 10.2 Å². The number of urea groups is 1. The molecule has 19 heavy (non-hydrogen) atoms. The molecule has 106 valence electrons. The number of aliphatic hydroxyl groups excluding tert-OH is 1. The Labute approximate surface area is 110 Å². The molecule has 2 amide bonds. The van der Waals surface area contributed by atoms with E-state index in [-0.39, 0.29) is 6.54 Å². The lowest BCUT2D eigenvalue weighted by atomic mass is 10.3. The molecule has 8 heteroatoms. The van der Waals surface area contributed by atoms with Crippen molar-refractivity contribution in [3.8, 4) is 0 Å². The fourth-order valence-electron chi connectivity index (χ4n) is 1.38. The lowest BCUT2D eigenvalue weighted by Gasteiger charge is -2.09. The van der Waals surface area contributed by atoms with E-state index in [0.29, 0.717) is 6.54 Å². The number of carbonyl (C=O) groups is 2. The van der Waals surface area contributed by atoms with Crippen molar-refractivity contribution >= 4 is 12.0 Å². The molecule has 0 aromatic carbocycles. The van der Waals surface area contributed by atoms with Gasteiger partial charge in [0.15, 0.2) is 6.10 Å². The number of carboxylic acid groups (broad SMARTS) is 1. The molecular weight excluding hydrogens is 252 g/mol. The van der Waals surface area contributed by atoms with Crippen LogP contribution in [0.4, 0.5) is 4.79 Å². The highest BCUT2D eigenvalue weighted by Gasteiger charge is 2.13. The maximum atomic E-state index is 11.2. The number of aryl methyl sites for hydroxylation is 1. The number of carboxylic acids is 1. The molecule has 0 aliphatic heterocycles. The summed E-state index contributed by atoms with van der Waals surface area (Å²) in [6.45, 7) is 1.01. The van der Waals surface area contributed by atoms with E-state index in [1.807, 2.05) is 10.8 Å². The predicted molar refractivity (Wildman–Crippen MR) is 66.5 cm³/mol. The van der Waals surface area contributed by atoms with Gasteiger partial charge < -0.3 is 25.4 Å². The Hall–Kier alpha value is -2.09. The molecule has 0 unspecified atom stereocenters. The summed E-state index contributed by atoms with van der Waals surface area (Å²) in [5.74, 6) is -1.36. The average Bonchev–Trinajstić information content (AvgIpc) is 2.88. The van der Waals surface area contributed by atoms with Gasteiger partial charge >= 0.3 is 12.0 Å². The molecule has 0 saturated carbocycles. The van der Waals surface area contributed by atoms with Gasteiger partial charge in [0.25, 0.3) is 0 Å². The van der Waals surface area contributed by atoms with Crippen LogP contribution in [-0.4, -0.2) is 51.0 Å². The van der Waals surface area contributed by atoms with Gasteiger partial charge in [0.2, 0.25) is 0 Å². The number of aliphatic hydroxyl groups is 1. The summed E-state index contributed by atoms with van der Waals surface area (Å²) < 4.78 is 1.95. The van der Waals surface area contributed by atoms with Crippen molar-refractivity contribution < 1.29 is 19.8 Å². The molecule has 1 aromatic rings. The third-order valence-electron chi connectivity index (χ3n) is 2.43.